The number of anilines is 1. The van der Waals surface area contributed by atoms with E-state index in [4.69, 9.17) is 0 Å². The molecule has 0 atom stereocenters. The predicted molar refractivity (Wildman–Crippen MR) is 94.7 cm³/mol. The van der Waals surface area contributed by atoms with Crippen molar-refractivity contribution in [2.45, 2.75) is 6.92 Å². The molecule has 3 aromatic rings. The Kier molecular flexibility index (Phi) is 4.52. The SMILES string of the molecule is CC(=O)c1cccc(NC(=O)c2cnc(-c3ccccc3)[nH]c2=O)c1. The molecule has 2 aromatic carbocycles. The molecule has 0 radical (unpaired) electrons. The van der Waals surface area contributed by atoms with Gasteiger partial charge in [-0.05, 0) is 19.1 Å². The molecule has 0 spiro atoms. The molecule has 1 aromatic heterocycles. The minimum absolute atomic E-state index is 0.104. The first-order chi connectivity index (χ1) is 12.0. The molecule has 0 saturated heterocycles. The third-order valence-electron chi connectivity index (χ3n) is 3.62. The van der Waals surface area contributed by atoms with Crippen molar-refractivity contribution in [3.05, 3.63) is 82.3 Å². The van der Waals surface area contributed by atoms with Crippen LogP contribution < -0.4 is 10.9 Å². The van der Waals surface area contributed by atoms with Gasteiger partial charge in [-0.25, -0.2) is 4.98 Å². The van der Waals surface area contributed by atoms with Crippen LogP contribution in [-0.2, 0) is 0 Å². The van der Waals surface area contributed by atoms with Crippen LogP contribution in [0.15, 0.2) is 65.6 Å². The molecule has 3 rings (SSSR count). The summed E-state index contributed by atoms with van der Waals surface area (Å²) in [5.74, 6) is -0.308. The number of benzene rings is 2. The number of hydrogen-bond donors (Lipinski definition) is 2. The Hall–Kier alpha value is -3.54. The molecule has 124 valence electrons. The molecular formula is C19H15N3O3. The first kappa shape index (κ1) is 16.3. The molecule has 0 saturated carbocycles. The van der Waals surface area contributed by atoms with Crippen molar-refractivity contribution < 1.29 is 9.59 Å². The molecule has 0 aliphatic heterocycles. The maximum atomic E-state index is 12.3. The number of Topliss-reactive ketones (excluding diaryl/α,β-unsaturated/α-hetero) is 1. The first-order valence-corrected chi connectivity index (χ1v) is 7.61. The van der Waals surface area contributed by atoms with E-state index in [0.29, 0.717) is 17.1 Å². The summed E-state index contributed by atoms with van der Waals surface area (Å²) in [6.07, 6.45) is 1.24. The molecular weight excluding hydrogens is 318 g/mol. The fourth-order valence-corrected chi connectivity index (χ4v) is 2.31. The van der Waals surface area contributed by atoms with Crippen LogP contribution in [0.2, 0.25) is 0 Å². The van der Waals surface area contributed by atoms with Gasteiger partial charge in [-0.2, -0.15) is 0 Å². The summed E-state index contributed by atoms with van der Waals surface area (Å²) < 4.78 is 0. The molecule has 25 heavy (non-hydrogen) atoms. The fourth-order valence-electron chi connectivity index (χ4n) is 2.31. The third-order valence-corrected chi connectivity index (χ3v) is 3.62. The minimum atomic E-state index is -0.589. The van der Waals surface area contributed by atoms with Crippen LogP contribution in [0.4, 0.5) is 5.69 Å². The van der Waals surface area contributed by atoms with E-state index in [-0.39, 0.29) is 11.3 Å². The van der Waals surface area contributed by atoms with Crippen molar-refractivity contribution in [1.82, 2.24) is 9.97 Å². The number of aromatic amines is 1. The quantitative estimate of drug-likeness (QED) is 0.718. The molecule has 0 fully saturated rings. The highest BCUT2D eigenvalue weighted by Crippen LogP contribution is 2.14. The molecule has 0 bridgehead atoms. The second-order valence-electron chi connectivity index (χ2n) is 5.43. The fraction of sp³-hybridized carbons (Fsp3) is 0.0526. The van der Waals surface area contributed by atoms with E-state index in [0.717, 1.165) is 5.56 Å². The Morgan fingerprint density at radius 3 is 2.48 bits per heavy atom. The van der Waals surface area contributed by atoms with Crippen LogP contribution >= 0.6 is 0 Å². The smallest absolute Gasteiger partial charge is 0.264 e. The van der Waals surface area contributed by atoms with E-state index in [1.807, 2.05) is 30.3 Å². The maximum Gasteiger partial charge on any atom is 0.264 e. The molecule has 6 nitrogen and oxygen atoms in total. The standard InChI is InChI=1S/C19H15N3O3/c1-12(23)14-8-5-9-15(10-14)21-18(24)16-11-20-17(22-19(16)25)13-6-3-2-4-7-13/h2-11H,1H3,(H,21,24)(H,20,22,25). The van der Waals surface area contributed by atoms with Gasteiger partial charge in [-0.3, -0.25) is 14.4 Å². The van der Waals surface area contributed by atoms with Crippen LogP contribution in [0.3, 0.4) is 0 Å². The number of amides is 1. The summed E-state index contributed by atoms with van der Waals surface area (Å²) >= 11 is 0. The van der Waals surface area contributed by atoms with Crippen molar-refractivity contribution in [2.24, 2.45) is 0 Å². The molecule has 1 amide bonds. The monoisotopic (exact) mass is 333 g/mol. The lowest BCUT2D eigenvalue weighted by Gasteiger charge is -2.06. The molecule has 0 aliphatic rings. The van der Waals surface area contributed by atoms with Crippen LogP contribution in [0.25, 0.3) is 11.4 Å². The van der Waals surface area contributed by atoms with Gasteiger partial charge in [-0.1, -0.05) is 42.5 Å². The highest BCUT2D eigenvalue weighted by Gasteiger charge is 2.13. The maximum absolute atomic E-state index is 12.3. The lowest BCUT2D eigenvalue weighted by Crippen LogP contribution is -2.24. The normalized spacial score (nSPS) is 10.3. The van der Waals surface area contributed by atoms with Crippen LogP contribution in [0.5, 0.6) is 0 Å². The van der Waals surface area contributed by atoms with E-state index in [2.05, 4.69) is 15.3 Å². The Morgan fingerprint density at radius 1 is 1.04 bits per heavy atom. The molecule has 1 heterocycles. The van der Waals surface area contributed by atoms with Gasteiger partial charge >= 0.3 is 0 Å². The number of nitrogens with one attached hydrogen (secondary N) is 2. The Bertz CT molecular complexity index is 994. The van der Waals surface area contributed by atoms with Crippen molar-refractivity contribution in [3.8, 4) is 11.4 Å². The number of H-pyrrole nitrogens is 1. The number of carbonyl (C=O) groups is 2. The highest BCUT2D eigenvalue weighted by molar-refractivity contribution is 6.04. The summed E-state index contributed by atoms with van der Waals surface area (Å²) in [6, 6.07) is 15.7. The van der Waals surface area contributed by atoms with Gasteiger partial charge in [0.05, 0.1) is 0 Å². The molecule has 0 unspecified atom stereocenters. The minimum Gasteiger partial charge on any atom is -0.322 e. The summed E-state index contributed by atoms with van der Waals surface area (Å²) in [5.41, 5.74) is 1.02. The van der Waals surface area contributed by atoms with Gasteiger partial charge in [0, 0.05) is 23.0 Å². The van der Waals surface area contributed by atoms with E-state index < -0.39 is 11.5 Å². The summed E-state index contributed by atoms with van der Waals surface area (Å²) in [6.45, 7) is 1.44. The van der Waals surface area contributed by atoms with Gasteiger partial charge in [0.1, 0.15) is 11.4 Å². The lowest BCUT2D eigenvalue weighted by molar-refractivity contribution is 0.101. The Balaban J connectivity index is 1.85. The van der Waals surface area contributed by atoms with E-state index in [1.165, 1.54) is 13.1 Å². The topological polar surface area (TPSA) is 91.9 Å². The summed E-state index contributed by atoms with van der Waals surface area (Å²) in [5, 5.41) is 2.60. The Morgan fingerprint density at radius 2 is 1.80 bits per heavy atom. The first-order valence-electron chi connectivity index (χ1n) is 7.61. The van der Waals surface area contributed by atoms with E-state index in [9.17, 15) is 14.4 Å². The van der Waals surface area contributed by atoms with Crippen molar-refractivity contribution in [3.63, 3.8) is 0 Å². The predicted octanol–water partition coefficient (Wildman–Crippen LogP) is 2.89. The van der Waals surface area contributed by atoms with Crippen molar-refractivity contribution >= 4 is 17.4 Å². The van der Waals surface area contributed by atoms with Crippen molar-refractivity contribution in [2.75, 3.05) is 5.32 Å². The second-order valence-corrected chi connectivity index (χ2v) is 5.43. The third kappa shape index (κ3) is 3.69. The second kappa shape index (κ2) is 6.92. The molecule has 2 N–H and O–H groups in total. The van der Waals surface area contributed by atoms with Crippen LogP contribution in [-0.4, -0.2) is 21.7 Å². The highest BCUT2D eigenvalue weighted by atomic mass is 16.2. The van der Waals surface area contributed by atoms with Gasteiger partial charge < -0.3 is 10.3 Å². The number of hydrogen-bond acceptors (Lipinski definition) is 4. The Labute approximate surface area is 143 Å². The lowest BCUT2D eigenvalue weighted by atomic mass is 10.1. The van der Waals surface area contributed by atoms with Gasteiger partial charge in [0.25, 0.3) is 11.5 Å². The number of carbonyl (C=O) groups excluding carboxylic acids is 2. The van der Waals surface area contributed by atoms with Crippen LogP contribution in [0, 0.1) is 0 Å². The number of nitrogens with zero attached hydrogens (tertiary/aromatic N) is 1. The largest absolute Gasteiger partial charge is 0.322 e. The van der Waals surface area contributed by atoms with Gasteiger partial charge in [-0.15, -0.1) is 0 Å². The van der Waals surface area contributed by atoms with Gasteiger partial charge in [0.2, 0.25) is 0 Å². The average Bonchev–Trinajstić information content (AvgIpc) is 2.62. The average molecular weight is 333 g/mol. The molecule has 0 aliphatic carbocycles. The number of aromatic nitrogens is 2. The van der Waals surface area contributed by atoms with Crippen LogP contribution in [0.1, 0.15) is 27.6 Å². The number of ketones is 1. The summed E-state index contributed by atoms with van der Waals surface area (Å²) in [7, 11) is 0. The van der Waals surface area contributed by atoms with Crippen molar-refractivity contribution in [1.29, 1.82) is 0 Å². The summed E-state index contributed by atoms with van der Waals surface area (Å²) in [4.78, 5) is 42.7. The zero-order valence-electron chi connectivity index (χ0n) is 13.4. The molecule has 6 heteroatoms. The number of rotatable bonds is 4. The van der Waals surface area contributed by atoms with E-state index in [1.54, 1.807) is 24.3 Å². The van der Waals surface area contributed by atoms with Gasteiger partial charge in [0.15, 0.2) is 5.78 Å². The zero-order chi connectivity index (χ0) is 17.8. The zero-order valence-corrected chi connectivity index (χ0v) is 13.4. The van der Waals surface area contributed by atoms with E-state index >= 15 is 0 Å².